The molecule has 0 amide bonds. The third kappa shape index (κ3) is 5.47. The fraction of sp³-hybridized carbons (Fsp3) is 0.625. The fourth-order valence-electron chi connectivity index (χ4n) is 2.37. The highest BCUT2D eigenvalue weighted by molar-refractivity contribution is 5.32. The van der Waals surface area contributed by atoms with Crippen LogP contribution in [0.25, 0.3) is 0 Å². The zero-order valence-corrected chi connectivity index (χ0v) is 12.6. The number of nitrogens with two attached hydrogens (primary N) is 1. The lowest BCUT2D eigenvalue weighted by molar-refractivity contribution is 0.384. The second-order valence-corrected chi connectivity index (χ2v) is 5.17. The van der Waals surface area contributed by atoms with Crippen LogP contribution in [0.2, 0.25) is 0 Å². The highest BCUT2D eigenvalue weighted by atomic mass is 19.1. The molecule has 0 spiro atoms. The first kappa shape index (κ1) is 16.9. The summed E-state index contributed by atoms with van der Waals surface area (Å²) in [4.78, 5) is 0. The number of nitrogens with one attached hydrogen (secondary N) is 1. The first-order chi connectivity index (χ1) is 9.72. The minimum atomic E-state index is -0.341. The third-order valence-corrected chi connectivity index (χ3v) is 3.63. The van der Waals surface area contributed by atoms with E-state index in [4.69, 9.17) is 10.6 Å². The van der Waals surface area contributed by atoms with Crippen LogP contribution in [-0.4, -0.2) is 7.11 Å². The number of benzene rings is 1. The maximum atomic E-state index is 13.4. The quantitative estimate of drug-likeness (QED) is 0.386. The average molecular weight is 282 g/mol. The van der Waals surface area contributed by atoms with Gasteiger partial charge in [-0.15, -0.1) is 0 Å². The SMILES string of the molecule is CCCCCCCCC(NN)c1ccc(F)c(OC)c1. The van der Waals surface area contributed by atoms with Gasteiger partial charge in [-0.25, -0.2) is 4.39 Å². The average Bonchev–Trinajstić information content (AvgIpc) is 2.47. The van der Waals surface area contributed by atoms with E-state index in [1.54, 1.807) is 12.1 Å². The van der Waals surface area contributed by atoms with Crippen molar-refractivity contribution in [2.75, 3.05) is 7.11 Å². The van der Waals surface area contributed by atoms with Gasteiger partial charge in [0.25, 0.3) is 0 Å². The Morgan fingerprint density at radius 2 is 1.90 bits per heavy atom. The van der Waals surface area contributed by atoms with Crippen molar-refractivity contribution in [3.63, 3.8) is 0 Å². The van der Waals surface area contributed by atoms with Gasteiger partial charge in [0.2, 0.25) is 0 Å². The molecule has 20 heavy (non-hydrogen) atoms. The van der Waals surface area contributed by atoms with Crippen molar-refractivity contribution >= 4 is 0 Å². The van der Waals surface area contributed by atoms with E-state index in [0.717, 1.165) is 18.4 Å². The van der Waals surface area contributed by atoms with Crippen LogP contribution < -0.4 is 16.0 Å². The summed E-state index contributed by atoms with van der Waals surface area (Å²) in [5.41, 5.74) is 3.78. The summed E-state index contributed by atoms with van der Waals surface area (Å²) in [5, 5.41) is 0. The maximum absolute atomic E-state index is 13.4. The zero-order valence-electron chi connectivity index (χ0n) is 12.6. The van der Waals surface area contributed by atoms with E-state index in [0.29, 0.717) is 0 Å². The number of unbranched alkanes of at least 4 members (excludes halogenated alkanes) is 5. The summed E-state index contributed by atoms with van der Waals surface area (Å²) in [6, 6.07) is 4.96. The Hall–Kier alpha value is -1.13. The minimum Gasteiger partial charge on any atom is -0.494 e. The molecule has 0 aliphatic heterocycles. The van der Waals surface area contributed by atoms with Crippen LogP contribution in [0.1, 0.15) is 63.5 Å². The molecule has 0 aliphatic carbocycles. The largest absolute Gasteiger partial charge is 0.494 e. The molecule has 0 radical (unpaired) electrons. The molecule has 1 unspecified atom stereocenters. The molecule has 3 nitrogen and oxygen atoms in total. The second kappa shape index (κ2) is 9.72. The summed E-state index contributed by atoms with van der Waals surface area (Å²) in [6.07, 6.45) is 8.46. The normalized spacial score (nSPS) is 12.4. The molecule has 1 rings (SSSR count). The lowest BCUT2D eigenvalue weighted by Gasteiger charge is -2.17. The molecule has 1 aromatic rings. The Morgan fingerprint density at radius 1 is 1.20 bits per heavy atom. The number of hydrazine groups is 1. The van der Waals surface area contributed by atoms with Gasteiger partial charge in [-0.1, -0.05) is 51.5 Å². The molecule has 0 heterocycles. The van der Waals surface area contributed by atoms with Crippen molar-refractivity contribution in [1.82, 2.24) is 5.43 Å². The van der Waals surface area contributed by atoms with Crippen LogP contribution in [-0.2, 0) is 0 Å². The van der Waals surface area contributed by atoms with Gasteiger partial charge in [-0.2, -0.15) is 0 Å². The highest BCUT2D eigenvalue weighted by Gasteiger charge is 2.12. The summed E-state index contributed by atoms with van der Waals surface area (Å²) in [7, 11) is 1.47. The van der Waals surface area contributed by atoms with Gasteiger partial charge in [-0.3, -0.25) is 11.3 Å². The van der Waals surface area contributed by atoms with Crippen LogP contribution >= 0.6 is 0 Å². The molecule has 4 heteroatoms. The molecule has 0 fully saturated rings. The molecule has 0 saturated heterocycles. The van der Waals surface area contributed by atoms with Gasteiger partial charge in [-0.05, 0) is 24.1 Å². The van der Waals surface area contributed by atoms with Crippen LogP contribution in [0.5, 0.6) is 5.75 Å². The maximum Gasteiger partial charge on any atom is 0.165 e. The first-order valence-corrected chi connectivity index (χ1v) is 7.52. The highest BCUT2D eigenvalue weighted by Crippen LogP contribution is 2.25. The molecule has 1 aromatic carbocycles. The molecule has 0 bridgehead atoms. The molecule has 0 aromatic heterocycles. The van der Waals surface area contributed by atoms with E-state index in [9.17, 15) is 4.39 Å². The van der Waals surface area contributed by atoms with E-state index in [1.807, 2.05) is 0 Å². The van der Waals surface area contributed by atoms with Crippen molar-refractivity contribution in [1.29, 1.82) is 0 Å². The Bertz CT molecular complexity index is 385. The van der Waals surface area contributed by atoms with Gasteiger partial charge in [0.05, 0.1) is 7.11 Å². The number of rotatable bonds is 10. The van der Waals surface area contributed by atoms with Crippen molar-refractivity contribution in [2.24, 2.45) is 5.84 Å². The predicted molar refractivity (Wildman–Crippen MR) is 81.0 cm³/mol. The fourth-order valence-corrected chi connectivity index (χ4v) is 2.37. The van der Waals surface area contributed by atoms with Crippen LogP contribution in [0.4, 0.5) is 4.39 Å². The van der Waals surface area contributed by atoms with Crippen molar-refractivity contribution in [3.8, 4) is 5.75 Å². The number of hydrogen-bond acceptors (Lipinski definition) is 3. The van der Waals surface area contributed by atoms with Crippen molar-refractivity contribution in [2.45, 2.75) is 57.9 Å². The van der Waals surface area contributed by atoms with Crippen molar-refractivity contribution in [3.05, 3.63) is 29.6 Å². The Kier molecular flexibility index (Phi) is 8.23. The Balaban J connectivity index is 2.45. The summed E-state index contributed by atoms with van der Waals surface area (Å²) in [6.45, 7) is 2.22. The lowest BCUT2D eigenvalue weighted by atomic mass is 10.00. The summed E-state index contributed by atoms with van der Waals surface area (Å²) in [5.74, 6) is 5.54. The van der Waals surface area contributed by atoms with Crippen LogP contribution in [0.3, 0.4) is 0 Å². The topological polar surface area (TPSA) is 47.3 Å². The number of halogens is 1. The summed E-state index contributed by atoms with van der Waals surface area (Å²) >= 11 is 0. The lowest BCUT2D eigenvalue weighted by Crippen LogP contribution is -2.28. The molecule has 3 N–H and O–H groups in total. The molecular formula is C16H27FN2O. The Labute approximate surface area is 121 Å². The monoisotopic (exact) mass is 282 g/mol. The standard InChI is InChI=1S/C16H27FN2O/c1-3-4-5-6-7-8-9-15(19-18)13-10-11-14(17)16(12-13)20-2/h10-12,15,19H,3-9,18H2,1-2H3. The van der Waals surface area contributed by atoms with E-state index >= 15 is 0 Å². The zero-order chi connectivity index (χ0) is 14.8. The predicted octanol–water partition coefficient (Wildman–Crippen LogP) is 4.09. The first-order valence-electron chi connectivity index (χ1n) is 7.52. The van der Waals surface area contributed by atoms with Gasteiger partial charge < -0.3 is 4.74 Å². The molecule has 114 valence electrons. The minimum absolute atomic E-state index is 0.0516. The Morgan fingerprint density at radius 3 is 2.55 bits per heavy atom. The number of ether oxygens (including phenoxy) is 1. The third-order valence-electron chi connectivity index (χ3n) is 3.63. The van der Waals surface area contributed by atoms with E-state index in [2.05, 4.69) is 12.3 Å². The van der Waals surface area contributed by atoms with Crippen LogP contribution in [0, 0.1) is 5.82 Å². The van der Waals surface area contributed by atoms with Gasteiger partial charge in [0, 0.05) is 6.04 Å². The second-order valence-electron chi connectivity index (χ2n) is 5.17. The van der Waals surface area contributed by atoms with E-state index in [1.165, 1.54) is 45.3 Å². The molecule has 0 aliphatic rings. The number of hydrogen-bond donors (Lipinski definition) is 2. The molecule has 0 saturated carbocycles. The number of methoxy groups -OCH3 is 1. The molecular weight excluding hydrogens is 255 g/mol. The molecule has 1 atom stereocenters. The van der Waals surface area contributed by atoms with Crippen LogP contribution in [0.15, 0.2) is 18.2 Å². The van der Waals surface area contributed by atoms with Gasteiger partial charge in [0.15, 0.2) is 11.6 Å². The van der Waals surface area contributed by atoms with E-state index < -0.39 is 0 Å². The smallest absolute Gasteiger partial charge is 0.165 e. The van der Waals surface area contributed by atoms with Gasteiger partial charge >= 0.3 is 0 Å². The van der Waals surface area contributed by atoms with Crippen molar-refractivity contribution < 1.29 is 9.13 Å². The summed E-state index contributed by atoms with van der Waals surface area (Å²) < 4.78 is 18.4. The van der Waals surface area contributed by atoms with E-state index in [-0.39, 0.29) is 17.6 Å². The van der Waals surface area contributed by atoms with Gasteiger partial charge in [0.1, 0.15) is 0 Å².